The molecular formula is C23H22N4O2. The summed E-state index contributed by atoms with van der Waals surface area (Å²) in [6, 6.07) is 17.7. The van der Waals surface area contributed by atoms with E-state index in [0.29, 0.717) is 22.8 Å². The van der Waals surface area contributed by atoms with Gasteiger partial charge in [0.1, 0.15) is 5.75 Å². The van der Waals surface area contributed by atoms with Crippen LogP contribution in [0.25, 0.3) is 10.9 Å². The molecule has 4 rings (SSSR count). The number of hydrogen-bond acceptors (Lipinski definition) is 4. The molecule has 2 aromatic heterocycles. The number of carbonyl (C=O) groups is 1. The maximum atomic E-state index is 12.7. The van der Waals surface area contributed by atoms with Gasteiger partial charge in [-0.05, 0) is 37.6 Å². The number of amides is 1. The lowest BCUT2D eigenvalue weighted by Gasteiger charge is -2.12. The highest BCUT2D eigenvalue weighted by Crippen LogP contribution is 2.24. The predicted octanol–water partition coefficient (Wildman–Crippen LogP) is 4.56. The number of nitrogens with one attached hydrogen (secondary N) is 1. The van der Waals surface area contributed by atoms with Crippen LogP contribution in [0.15, 0.2) is 60.8 Å². The molecule has 6 heteroatoms. The Morgan fingerprint density at radius 3 is 2.38 bits per heavy atom. The van der Waals surface area contributed by atoms with Crippen LogP contribution in [0.3, 0.4) is 0 Å². The second-order valence-electron chi connectivity index (χ2n) is 6.97. The van der Waals surface area contributed by atoms with Crippen molar-refractivity contribution in [1.29, 1.82) is 0 Å². The first-order valence-electron chi connectivity index (χ1n) is 9.42. The Labute approximate surface area is 169 Å². The lowest BCUT2D eigenvalue weighted by molar-refractivity contribution is -0.115. The van der Waals surface area contributed by atoms with Crippen molar-refractivity contribution in [3.05, 3.63) is 77.7 Å². The van der Waals surface area contributed by atoms with Crippen molar-refractivity contribution in [2.75, 3.05) is 5.32 Å². The van der Waals surface area contributed by atoms with Crippen molar-refractivity contribution < 1.29 is 9.53 Å². The average molecular weight is 386 g/mol. The fourth-order valence-corrected chi connectivity index (χ4v) is 3.43. The van der Waals surface area contributed by atoms with Gasteiger partial charge >= 0.3 is 6.01 Å². The molecule has 0 radical (unpaired) electrons. The van der Waals surface area contributed by atoms with Gasteiger partial charge < -0.3 is 14.6 Å². The quantitative estimate of drug-likeness (QED) is 0.546. The molecule has 0 aliphatic heterocycles. The van der Waals surface area contributed by atoms with Gasteiger partial charge in [-0.15, -0.1) is 0 Å². The summed E-state index contributed by atoms with van der Waals surface area (Å²) in [7, 11) is 1.98. The molecule has 146 valence electrons. The zero-order valence-corrected chi connectivity index (χ0v) is 16.6. The average Bonchev–Trinajstić information content (AvgIpc) is 3.01. The molecule has 1 N–H and O–H groups in total. The number of para-hydroxylation sites is 2. The summed E-state index contributed by atoms with van der Waals surface area (Å²) < 4.78 is 7.74. The van der Waals surface area contributed by atoms with E-state index < -0.39 is 0 Å². The molecule has 0 aliphatic rings. The molecule has 0 spiro atoms. The van der Waals surface area contributed by atoms with Gasteiger partial charge in [0.25, 0.3) is 0 Å². The molecule has 1 amide bonds. The van der Waals surface area contributed by atoms with Crippen molar-refractivity contribution in [1.82, 2.24) is 14.5 Å². The minimum absolute atomic E-state index is 0.104. The molecule has 0 saturated heterocycles. The number of nitrogens with zero attached hydrogens (tertiary/aromatic N) is 3. The van der Waals surface area contributed by atoms with Crippen LogP contribution in [0.4, 0.5) is 5.69 Å². The maximum Gasteiger partial charge on any atom is 0.322 e. The van der Waals surface area contributed by atoms with Gasteiger partial charge in [0.15, 0.2) is 0 Å². The molecule has 6 nitrogen and oxygen atoms in total. The predicted molar refractivity (Wildman–Crippen MR) is 113 cm³/mol. The molecule has 2 aromatic carbocycles. The molecule has 0 aliphatic carbocycles. The van der Waals surface area contributed by atoms with Gasteiger partial charge in [0.05, 0.1) is 23.5 Å². The second kappa shape index (κ2) is 7.75. The standard InChI is InChI=1S/C23H22N4O2/c1-15-22(16(2)25-23(24-15)29-18-9-5-4-6-10-18)26-21(28)13-17-14-27(3)20-12-8-7-11-19(17)20/h4-12,14H,13H2,1-3H3,(H,26,28). The van der Waals surface area contributed by atoms with Gasteiger partial charge in [-0.25, -0.2) is 0 Å². The summed E-state index contributed by atoms with van der Waals surface area (Å²) in [4.78, 5) is 21.5. The Hall–Kier alpha value is -3.67. The summed E-state index contributed by atoms with van der Waals surface area (Å²) >= 11 is 0. The van der Waals surface area contributed by atoms with Crippen molar-refractivity contribution >= 4 is 22.5 Å². The highest BCUT2D eigenvalue weighted by Gasteiger charge is 2.15. The van der Waals surface area contributed by atoms with Crippen LogP contribution in [-0.4, -0.2) is 20.4 Å². The zero-order chi connectivity index (χ0) is 20.4. The Bertz CT molecular complexity index is 1160. The number of ether oxygens (including phenoxy) is 1. The molecule has 0 fully saturated rings. The highest BCUT2D eigenvalue weighted by atomic mass is 16.5. The third-order valence-corrected chi connectivity index (χ3v) is 4.80. The summed E-state index contributed by atoms with van der Waals surface area (Å²) in [5.41, 5.74) is 4.04. The van der Waals surface area contributed by atoms with Crippen molar-refractivity contribution in [2.45, 2.75) is 20.3 Å². The van der Waals surface area contributed by atoms with Gasteiger partial charge in [0.2, 0.25) is 5.91 Å². The van der Waals surface area contributed by atoms with Gasteiger partial charge in [-0.2, -0.15) is 9.97 Å². The third kappa shape index (κ3) is 3.96. The number of aryl methyl sites for hydroxylation is 3. The number of hydrogen-bond donors (Lipinski definition) is 1. The summed E-state index contributed by atoms with van der Waals surface area (Å²) in [6.07, 6.45) is 2.28. The minimum atomic E-state index is -0.104. The first-order chi connectivity index (χ1) is 14.0. The van der Waals surface area contributed by atoms with Crippen LogP contribution in [-0.2, 0) is 18.3 Å². The number of aromatic nitrogens is 3. The molecule has 29 heavy (non-hydrogen) atoms. The Kier molecular flexibility index (Phi) is 4.99. The fourth-order valence-electron chi connectivity index (χ4n) is 3.43. The Morgan fingerprint density at radius 1 is 1.00 bits per heavy atom. The van der Waals surface area contributed by atoms with E-state index in [1.807, 2.05) is 86.3 Å². The number of rotatable bonds is 5. The third-order valence-electron chi connectivity index (χ3n) is 4.80. The van der Waals surface area contributed by atoms with Gasteiger partial charge in [0, 0.05) is 24.1 Å². The molecule has 0 atom stereocenters. The lowest BCUT2D eigenvalue weighted by Crippen LogP contribution is -2.17. The van der Waals surface area contributed by atoms with Crippen molar-refractivity contribution in [3.63, 3.8) is 0 Å². The van der Waals surface area contributed by atoms with E-state index in [1.165, 1.54) is 0 Å². The maximum absolute atomic E-state index is 12.7. The number of fused-ring (bicyclic) bond motifs is 1. The SMILES string of the molecule is Cc1nc(Oc2ccccc2)nc(C)c1NC(=O)Cc1cn(C)c2ccccc12. The number of benzene rings is 2. The van der Waals surface area contributed by atoms with E-state index in [-0.39, 0.29) is 18.3 Å². The lowest BCUT2D eigenvalue weighted by atomic mass is 10.1. The highest BCUT2D eigenvalue weighted by molar-refractivity contribution is 5.96. The number of carbonyl (C=O) groups excluding carboxylic acids is 1. The Morgan fingerprint density at radius 2 is 1.66 bits per heavy atom. The largest absolute Gasteiger partial charge is 0.424 e. The van der Waals surface area contributed by atoms with E-state index in [2.05, 4.69) is 15.3 Å². The second-order valence-corrected chi connectivity index (χ2v) is 6.97. The van der Waals surface area contributed by atoms with Crippen LogP contribution >= 0.6 is 0 Å². The van der Waals surface area contributed by atoms with E-state index in [9.17, 15) is 4.79 Å². The minimum Gasteiger partial charge on any atom is -0.424 e. The fraction of sp³-hybridized carbons (Fsp3) is 0.174. The summed E-state index contributed by atoms with van der Waals surface area (Å²) in [5.74, 6) is 0.562. The van der Waals surface area contributed by atoms with E-state index in [4.69, 9.17) is 4.74 Å². The monoisotopic (exact) mass is 386 g/mol. The topological polar surface area (TPSA) is 69.0 Å². The van der Waals surface area contributed by atoms with Gasteiger partial charge in [-0.1, -0.05) is 36.4 Å². The van der Waals surface area contributed by atoms with Crippen LogP contribution in [0.5, 0.6) is 11.8 Å². The van der Waals surface area contributed by atoms with Crippen molar-refractivity contribution in [3.8, 4) is 11.8 Å². The van der Waals surface area contributed by atoms with Crippen LogP contribution in [0, 0.1) is 13.8 Å². The molecule has 4 aromatic rings. The van der Waals surface area contributed by atoms with E-state index >= 15 is 0 Å². The van der Waals surface area contributed by atoms with Gasteiger partial charge in [-0.3, -0.25) is 4.79 Å². The molecular weight excluding hydrogens is 364 g/mol. The normalized spacial score (nSPS) is 10.9. The summed E-state index contributed by atoms with van der Waals surface area (Å²) in [6.45, 7) is 3.67. The van der Waals surface area contributed by atoms with Crippen LogP contribution in [0.2, 0.25) is 0 Å². The van der Waals surface area contributed by atoms with Crippen molar-refractivity contribution in [2.24, 2.45) is 7.05 Å². The van der Waals surface area contributed by atoms with Crippen LogP contribution < -0.4 is 10.1 Å². The molecule has 0 bridgehead atoms. The molecule has 0 saturated carbocycles. The first kappa shape index (κ1) is 18.7. The first-order valence-corrected chi connectivity index (χ1v) is 9.42. The smallest absolute Gasteiger partial charge is 0.322 e. The zero-order valence-electron chi connectivity index (χ0n) is 16.6. The summed E-state index contributed by atoms with van der Waals surface area (Å²) in [5, 5.41) is 4.05. The molecule has 2 heterocycles. The Balaban J connectivity index is 1.52. The van der Waals surface area contributed by atoms with Crippen LogP contribution in [0.1, 0.15) is 17.0 Å². The van der Waals surface area contributed by atoms with E-state index in [1.54, 1.807) is 0 Å². The number of anilines is 1. The van der Waals surface area contributed by atoms with E-state index in [0.717, 1.165) is 16.5 Å². The molecule has 0 unspecified atom stereocenters.